The van der Waals surface area contributed by atoms with E-state index >= 15 is 0 Å². The molecular formula is C11H9F4NO3. The molecule has 1 amide bonds. The fourth-order valence-electron chi connectivity index (χ4n) is 1.13. The molecule has 1 rings (SSSR count). The van der Waals surface area contributed by atoms with Gasteiger partial charge in [0.15, 0.2) is 6.61 Å². The first-order valence-corrected chi connectivity index (χ1v) is 5.02. The van der Waals surface area contributed by atoms with Gasteiger partial charge in [-0.05, 0) is 12.1 Å². The van der Waals surface area contributed by atoms with Crippen molar-refractivity contribution < 1.29 is 31.9 Å². The molecule has 19 heavy (non-hydrogen) atoms. The molecule has 0 aromatic heterocycles. The van der Waals surface area contributed by atoms with E-state index in [9.17, 15) is 27.2 Å². The van der Waals surface area contributed by atoms with E-state index in [1.165, 1.54) is 0 Å². The van der Waals surface area contributed by atoms with E-state index in [-0.39, 0.29) is 11.3 Å². The summed E-state index contributed by atoms with van der Waals surface area (Å²) in [5.74, 6) is -1.88. The Balaban J connectivity index is 2.50. The standard InChI is InChI=1S/C11H9F4NO3/c12-8-1-7(4-17)2-9(3-8)19-5-10(18)16-6-11(13,14)15/h1-4H,5-6H2,(H,16,18). The third kappa shape index (κ3) is 5.84. The van der Waals surface area contributed by atoms with Crippen LogP contribution in [0.15, 0.2) is 18.2 Å². The lowest BCUT2D eigenvalue weighted by atomic mass is 10.2. The van der Waals surface area contributed by atoms with Gasteiger partial charge in [0.05, 0.1) is 0 Å². The van der Waals surface area contributed by atoms with E-state index < -0.39 is 31.1 Å². The Labute approximate surface area is 105 Å². The molecule has 0 aliphatic heterocycles. The molecule has 1 N–H and O–H groups in total. The maximum absolute atomic E-state index is 13.0. The highest BCUT2D eigenvalue weighted by atomic mass is 19.4. The molecule has 0 bridgehead atoms. The van der Waals surface area contributed by atoms with Crippen LogP contribution in [0.1, 0.15) is 10.4 Å². The molecule has 0 radical (unpaired) electrons. The van der Waals surface area contributed by atoms with Gasteiger partial charge in [-0.1, -0.05) is 0 Å². The summed E-state index contributed by atoms with van der Waals surface area (Å²) in [5, 5.41) is 1.58. The predicted molar refractivity (Wildman–Crippen MR) is 56.3 cm³/mol. The Bertz CT molecular complexity index is 473. The van der Waals surface area contributed by atoms with Crippen LogP contribution in [0.4, 0.5) is 17.6 Å². The Kier molecular flexibility index (Phi) is 4.85. The summed E-state index contributed by atoms with van der Waals surface area (Å²) in [5.41, 5.74) is -0.00861. The normalized spacial score (nSPS) is 10.9. The highest BCUT2D eigenvalue weighted by Gasteiger charge is 2.27. The zero-order valence-corrected chi connectivity index (χ0v) is 9.46. The molecular weight excluding hydrogens is 270 g/mol. The van der Waals surface area contributed by atoms with Crippen LogP contribution in [0, 0.1) is 5.82 Å². The molecule has 1 aromatic carbocycles. The number of carbonyl (C=O) groups excluding carboxylic acids is 2. The fraction of sp³-hybridized carbons (Fsp3) is 0.273. The van der Waals surface area contributed by atoms with Crippen LogP contribution in [0.3, 0.4) is 0 Å². The van der Waals surface area contributed by atoms with Crippen molar-refractivity contribution in [2.75, 3.05) is 13.2 Å². The monoisotopic (exact) mass is 279 g/mol. The second-order valence-corrected chi connectivity index (χ2v) is 3.52. The van der Waals surface area contributed by atoms with Crippen LogP contribution in [-0.4, -0.2) is 31.5 Å². The Morgan fingerprint density at radius 1 is 1.32 bits per heavy atom. The van der Waals surface area contributed by atoms with Crippen molar-refractivity contribution in [3.8, 4) is 5.75 Å². The summed E-state index contributed by atoms with van der Waals surface area (Å²) in [6.07, 6.45) is -4.14. The number of amides is 1. The molecule has 0 fully saturated rings. The van der Waals surface area contributed by atoms with Gasteiger partial charge >= 0.3 is 6.18 Å². The SMILES string of the molecule is O=Cc1cc(F)cc(OCC(=O)NCC(F)(F)F)c1. The number of aldehydes is 1. The predicted octanol–water partition coefficient (Wildman–Crippen LogP) is 1.70. The van der Waals surface area contributed by atoms with E-state index in [0.29, 0.717) is 6.29 Å². The zero-order chi connectivity index (χ0) is 14.5. The van der Waals surface area contributed by atoms with Gasteiger partial charge < -0.3 is 10.1 Å². The number of ether oxygens (including phenoxy) is 1. The van der Waals surface area contributed by atoms with Crippen molar-refractivity contribution in [2.45, 2.75) is 6.18 Å². The van der Waals surface area contributed by atoms with E-state index in [2.05, 4.69) is 0 Å². The first kappa shape index (κ1) is 14.9. The fourth-order valence-corrected chi connectivity index (χ4v) is 1.13. The molecule has 0 saturated heterocycles. The average molecular weight is 279 g/mol. The number of hydrogen-bond acceptors (Lipinski definition) is 3. The van der Waals surface area contributed by atoms with Crippen LogP contribution in [0.2, 0.25) is 0 Å². The van der Waals surface area contributed by atoms with Crippen molar-refractivity contribution >= 4 is 12.2 Å². The van der Waals surface area contributed by atoms with Gasteiger partial charge in [-0.25, -0.2) is 4.39 Å². The quantitative estimate of drug-likeness (QED) is 0.659. The summed E-state index contributed by atoms with van der Waals surface area (Å²) in [4.78, 5) is 21.4. The lowest BCUT2D eigenvalue weighted by molar-refractivity contribution is -0.139. The molecule has 0 atom stereocenters. The van der Waals surface area contributed by atoms with Gasteiger partial charge in [-0.3, -0.25) is 9.59 Å². The molecule has 4 nitrogen and oxygen atoms in total. The summed E-state index contributed by atoms with van der Waals surface area (Å²) in [6.45, 7) is -2.18. The third-order valence-electron chi connectivity index (χ3n) is 1.89. The maximum atomic E-state index is 13.0. The molecule has 0 saturated carbocycles. The van der Waals surface area contributed by atoms with Gasteiger partial charge in [0, 0.05) is 11.6 Å². The number of nitrogens with one attached hydrogen (secondary N) is 1. The minimum atomic E-state index is -4.51. The number of benzene rings is 1. The lowest BCUT2D eigenvalue weighted by Gasteiger charge is -2.09. The minimum absolute atomic E-state index is 0.00861. The van der Waals surface area contributed by atoms with Gasteiger partial charge in [0.25, 0.3) is 5.91 Å². The number of rotatable bonds is 5. The van der Waals surface area contributed by atoms with Gasteiger partial charge in [-0.2, -0.15) is 13.2 Å². The van der Waals surface area contributed by atoms with Gasteiger partial charge in [0.1, 0.15) is 24.4 Å². The second-order valence-electron chi connectivity index (χ2n) is 3.52. The number of hydrogen-bond donors (Lipinski definition) is 1. The number of carbonyl (C=O) groups is 2. The minimum Gasteiger partial charge on any atom is -0.484 e. The van der Waals surface area contributed by atoms with Crippen molar-refractivity contribution in [1.82, 2.24) is 5.32 Å². The lowest BCUT2D eigenvalue weighted by Crippen LogP contribution is -2.36. The first-order chi connectivity index (χ1) is 8.80. The largest absolute Gasteiger partial charge is 0.484 e. The number of halogens is 4. The van der Waals surface area contributed by atoms with E-state index in [1.807, 2.05) is 0 Å². The van der Waals surface area contributed by atoms with E-state index in [1.54, 1.807) is 5.32 Å². The van der Waals surface area contributed by atoms with Crippen LogP contribution in [0.5, 0.6) is 5.75 Å². The Hall–Kier alpha value is -2.12. The molecule has 1 aromatic rings. The van der Waals surface area contributed by atoms with E-state index in [0.717, 1.165) is 18.2 Å². The van der Waals surface area contributed by atoms with Crippen molar-refractivity contribution in [3.05, 3.63) is 29.6 Å². The Morgan fingerprint density at radius 2 is 2.00 bits per heavy atom. The maximum Gasteiger partial charge on any atom is 0.405 e. The summed E-state index contributed by atoms with van der Waals surface area (Å²) in [6, 6.07) is 3.01. The van der Waals surface area contributed by atoms with Crippen molar-refractivity contribution in [3.63, 3.8) is 0 Å². The third-order valence-corrected chi connectivity index (χ3v) is 1.89. The summed E-state index contributed by atoms with van der Waals surface area (Å²) >= 11 is 0. The first-order valence-electron chi connectivity index (χ1n) is 5.02. The Morgan fingerprint density at radius 3 is 2.58 bits per heavy atom. The smallest absolute Gasteiger partial charge is 0.405 e. The summed E-state index contributed by atoms with van der Waals surface area (Å²) < 4.78 is 53.1. The second kappa shape index (κ2) is 6.17. The van der Waals surface area contributed by atoms with Crippen molar-refractivity contribution in [1.29, 1.82) is 0 Å². The van der Waals surface area contributed by atoms with Crippen LogP contribution >= 0.6 is 0 Å². The molecule has 0 spiro atoms. The molecule has 0 unspecified atom stereocenters. The van der Waals surface area contributed by atoms with Gasteiger partial charge in [-0.15, -0.1) is 0 Å². The molecule has 0 heterocycles. The molecule has 0 aliphatic carbocycles. The van der Waals surface area contributed by atoms with Crippen molar-refractivity contribution in [2.24, 2.45) is 0 Å². The molecule has 104 valence electrons. The van der Waals surface area contributed by atoms with Crippen LogP contribution in [-0.2, 0) is 4.79 Å². The molecule has 8 heteroatoms. The van der Waals surface area contributed by atoms with Gasteiger partial charge in [0.2, 0.25) is 0 Å². The topological polar surface area (TPSA) is 55.4 Å². The van der Waals surface area contributed by atoms with E-state index in [4.69, 9.17) is 4.74 Å². The number of alkyl halides is 3. The highest BCUT2D eigenvalue weighted by Crippen LogP contribution is 2.15. The summed E-state index contributed by atoms with van der Waals surface area (Å²) in [7, 11) is 0. The van der Waals surface area contributed by atoms with Crippen LogP contribution < -0.4 is 10.1 Å². The molecule has 0 aliphatic rings. The van der Waals surface area contributed by atoms with Crippen LogP contribution in [0.25, 0.3) is 0 Å². The highest BCUT2D eigenvalue weighted by molar-refractivity contribution is 5.78. The zero-order valence-electron chi connectivity index (χ0n) is 9.46. The average Bonchev–Trinajstić information content (AvgIpc) is 2.32.